The van der Waals surface area contributed by atoms with E-state index in [4.69, 9.17) is 0 Å². The van der Waals surface area contributed by atoms with E-state index in [0.717, 1.165) is 5.56 Å². The summed E-state index contributed by atoms with van der Waals surface area (Å²) in [5.74, 6) is -0.423. The summed E-state index contributed by atoms with van der Waals surface area (Å²) in [6.07, 6.45) is 0. The van der Waals surface area contributed by atoms with E-state index in [9.17, 15) is 19.7 Å². The lowest BCUT2D eigenvalue weighted by Gasteiger charge is -2.12. The molecule has 0 spiro atoms. The molecule has 2 amide bonds. The first-order valence-corrected chi connectivity index (χ1v) is 7.88. The second-order valence-electron chi connectivity index (χ2n) is 5.93. The maximum Gasteiger partial charge on any atom is 0.271 e. The summed E-state index contributed by atoms with van der Waals surface area (Å²) in [5, 5.41) is 16.4. The van der Waals surface area contributed by atoms with Gasteiger partial charge < -0.3 is 15.5 Å². The average molecular weight is 356 g/mol. The van der Waals surface area contributed by atoms with Crippen molar-refractivity contribution in [3.8, 4) is 0 Å². The number of rotatable bonds is 6. The fraction of sp³-hybridized carbons (Fsp3) is 0.222. The summed E-state index contributed by atoms with van der Waals surface area (Å²) in [6, 6.07) is 11.0. The lowest BCUT2D eigenvalue weighted by Crippen LogP contribution is -2.23. The van der Waals surface area contributed by atoms with Crippen LogP contribution in [0, 0.1) is 17.0 Å². The van der Waals surface area contributed by atoms with Crippen molar-refractivity contribution in [2.24, 2.45) is 0 Å². The molecule has 8 nitrogen and oxygen atoms in total. The lowest BCUT2D eigenvalue weighted by atomic mass is 10.2. The zero-order chi connectivity index (χ0) is 19.3. The quantitative estimate of drug-likeness (QED) is 0.611. The van der Waals surface area contributed by atoms with E-state index in [-0.39, 0.29) is 24.0 Å². The molecule has 2 aromatic rings. The number of benzene rings is 2. The van der Waals surface area contributed by atoms with Crippen LogP contribution in [0.25, 0.3) is 0 Å². The molecule has 0 saturated carbocycles. The standard InChI is InChI=1S/C18H20N4O4/c1-12-4-9-15(22(25)26)10-16(12)19-11-17(23)20-14-7-5-13(6-8-14)18(24)21(2)3/h4-10,19H,11H2,1-3H3,(H,20,23). The van der Waals surface area contributed by atoms with Crippen molar-refractivity contribution < 1.29 is 14.5 Å². The van der Waals surface area contributed by atoms with Crippen LogP contribution in [0.4, 0.5) is 17.1 Å². The van der Waals surface area contributed by atoms with Crippen molar-refractivity contribution in [1.82, 2.24) is 4.90 Å². The molecule has 0 aromatic heterocycles. The number of hydrogen-bond donors (Lipinski definition) is 2. The number of hydrogen-bond acceptors (Lipinski definition) is 5. The van der Waals surface area contributed by atoms with Gasteiger partial charge in [0.25, 0.3) is 11.6 Å². The molecule has 136 valence electrons. The van der Waals surface area contributed by atoms with Gasteiger partial charge in [0.1, 0.15) is 0 Å². The van der Waals surface area contributed by atoms with Crippen molar-refractivity contribution in [2.45, 2.75) is 6.92 Å². The largest absolute Gasteiger partial charge is 0.376 e. The van der Waals surface area contributed by atoms with Gasteiger partial charge in [-0.05, 0) is 36.8 Å². The Morgan fingerprint density at radius 1 is 1.12 bits per heavy atom. The summed E-state index contributed by atoms with van der Waals surface area (Å²) < 4.78 is 0. The van der Waals surface area contributed by atoms with E-state index >= 15 is 0 Å². The fourth-order valence-corrected chi connectivity index (χ4v) is 2.25. The number of carbonyl (C=O) groups excluding carboxylic acids is 2. The molecule has 0 unspecified atom stereocenters. The van der Waals surface area contributed by atoms with Crippen LogP contribution in [0.2, 0.25) is 0 Å². The Morgan fingerprint density at radius 2 is 1.77 bits per heavy atom. The van der Waals surface area contributed by atoms with E-state index in [1.807, 2.05) is 0 Å². The first-order valence-electron chi connectivity index (χ1n) is 7.88. The second kappa shape index (κ2) is 8.11. The molecule has 26 heavy (non-hydrogen) atoms. The van der Waals surface area contributed by atoms with Crippen molar-refractivity contribution in [2.75, 3.05) is 31.3 Å². The minimum atomic E-state index is -0.485. The van der Waals surface area contributed by atoms with Crippen molar-refractivity contribution >= 4 is 28.9 Å². The van der Waals surface area contributed by atoms with Crippen molar-refractivity contribution in [1.29, 1.82) is 0 Å². The molecule has 0 heterocycles. The third-order valence-corrected chi connectivity index (χ3v) is 3.69. The molecule has 2 N–H and O–H groups in total. The SMILES string of the molecule is Cc1ccc([N+](=O)[O-])cc1NCC(=O)Nc1ccc(C(=O)N(C)C)cc1. The van der Waals surface area contributed by atoms with Gasteiger partial charge in [-0.1, -0.05) is 6.07 Å². The molecule has 0 aliphatic carbocycles. The van der Waals surface area contributed by atoms with Crippen LogP contribution in [0.3, 0.4) is 0 Å². The van der Waals surface area contributed by atoms with E-state index in [1.54, 1.807) is 51.4 Å². The van der Waals surface area contributed by atoms with E-state index < -0.39 is 4.92 Å². The van der Waals surface area contributed by atoms with Gasteiger partial charge in [0.05, 0.1) is 11.5 Å². The predicted molar refractivity (Wildman–Crippen MR) is 99.4 cm³/mol. The Balaban J connectivity index is 1.96. The Kier molecular flexibility index (Phi) is 5.90. The van der Waals surface area contributed by atoms with E-state index in [1.165, 1.54) is 17.0 Å². The first-order chi connectivity index (χ1) is 12.3. The number of nitrogens with zero attached hydrogens (tertiary/aromatic N) is 2. The van der Waals surface area contributed by atoms with Crippen LogP contribution < -0.4 is 10.6 Å². The van der Waals surface area contributed by atoms with Gasteiger partial charge in [-0.25, -0.2) is 0 Å². The molecule has 2 rings (SSSR count). The summed E-state index contributed by atoms with van der Waals surface area (Å²) >= 11 is 0. The Labute approximate surface area is 151 Å². The lowest BCUT2D eigenvalue weighted by molar-refractivity contribution is -0.384. The smallest absolute Gasteiger partial charge is 0.271 e. The minimum Gasteiger partial charge on any atom is -0.376 e. The molecule has 0 atom stereocenters. The molecule has 0 aliphatic heterocycles. The van der Waals surface area contributed by atoms with Crippen LogP contribution >= 0.6 is 0 Å². The van der Waals surface area contributed by atoms with Gasteiger partial charge in [-0.3, -0.25) is 19.7 Å². The van der Waals surface area contributed by atoms with Crippen LogP contribution in [-0.4, -0.2) is 42.3 Å². The molecule has 0 saturated heterocycles. The molecule has 0 fully saturated rings. The Bertz CT molecular complexity index is 832. The molecule has 0 radical (unpaired) electrons. The minimum absolute atomic E-state index is 0.0413. The van der Waals surface area contributed by atoms with Gasteiger partial charge in [-0.15, -0.1) is 0 Å². The predicted octanol–water partition coefficient (Wildman–Crippen LogP) is 2.66. The van der Waals surface area contributed by atoms with Crippen molar-refractivity contribution in [3.63, 3.8) is 0 Å². The van der Waals surface area contributed by atoms with Gasteiger partial charge in [-0.2, -0.15) is 0 Å². The molecular weight excluding hydrogens is 336 g/mol. The molecule has 8 heteroatoms. The number of nitro groups is 1. The Hall–Kier alpha value is -3.42. The zero-order valence-corrected chi connectivity index (χ0v) is 14.8. The highest BCUT2D eigenvalue weighted by molar-refractivity contribution is 5.96. The summed E-state index contributed by atoms with van der Waals surface area (Å²) in [7, 11) is 3.33. The topological polar surface area (TPSA) is 105 Å². The Morgan fingerprint density at radius 3 is 2.35 bits per heavy atom. The fourth-order valence-electron chi connectivity index (χ4n) is 2.25. The van der Waals surface area contributed by atoms with Crippen LogP contribution in [0.1, 0.15) is 15.9 Å². The summed E-state index contributed by atoms with van der Waals surface area (Å²) in [6.45, 7) is 1.75. The van der Waals surface area contributed by atoms with Crippen LogP contribution in [0.15, 0.2) is 42.5 Å². The molecule has 0 aliphatic rings. The van der Waals surface area contributed by atoms with E-state index in [0.29, 0.717) is 16.9 Å². The second-order valence-corrected chi connectivity index (χ2v) is 5.93. The maximum absolute atomic E-state index is 12.1. The van der Waals surface area contributed by atoms with Gasteiger partial charge in [0.15, 0.2) is 0 Å². The van der Waals surface area contributed by atoms with Crippen molar-refractivity contribution in [3.05, 3.63) is 63.7 Å². The average Bonchev–Trinajstić information content (AvgIpc) is 2.60. The highest BCUT2D eigenvalue weighted by Crippen LogP contribution is 2.21. The number of anilines is 2. The van der Waals surface area contributed by atoms with Gasteiger partial charge >= 0.3 is 0 Å². The summed E-state index contributed by atoms with van der Waals surface area (Å²) in [4.78, 5) is 35.7. The number of carbonyl (C=O) groups is 2. The number of nitro benzene ring substituents is 1. The molecular formula is C18H20N4O4. The zero-order valence-electron chi connectivity index (χ0n) is 14.8. The molecule has 0 bridgehead atoms. The number of non-ortho nitro benzene ring substituents is 1. The maximum atomic E-state index is 12.1. The van der Waals surface area contributed by atoms with Crippen LogP contribution in [-0.2, 0) is 4.79 Å². The highest BCUT2D eigenvalue weighted by atomic mass is 16.6. The van der Waals surface area contributed by atoms with Gasteiger partial charge in [0.2, 0.25) is 5.91 Å². The van der Waals surface area contributed by atoms with E-state index in [2.05, 4.69) is 10.6 Å². The summed E-state index contributed by atoms with van der Waals surface area (Å²) in [5.41, 5.74) is 2.37. The van der Waals surface area contributed by atoms with Gasteiger partial charge in [0, 0.05) is 43.2 Å². The number of aryl methyl sites for hydroxylation is 1. The monoisotopic (exact) mass is 356 g/mol. The number of nitrogens with one attached hydrogen (secondary N) is 2. The highest BCUT2D eigenvalue weighted by Gasteiger charge is 2.11. The third-order valence-electron chi connectivity index (χ3n) is 3.69. The molecule has 2 aromatic carbocycles. The normalized spacial score (nSPS) is 10.1. The third kappa shape index (κ3) is 4.79. The first kappa shape index (κ1) is 18.9. The van der Waals surface area contributed by atoms with Crippen LogP contribution in [0.5, 0.6) is 0 Å². The number of amides is 2.